The summed E-state index contributed by atoms with van der Waals surface area (Å²) in [6, 6.07) is 6.92. The van der Waals surface area contributed by atoms with E-state index >= 15 is 0 Å². The summed E-state index contributed by atoms with van der Waals surface area (Å²) < 4.78 is 3.60. The first-order chi connectivity index (χ1) is 9.61. The molecule has 2 heterocycles. The van der Waals surface area contributed by atoms with E-state index in [9.17, 15) is 4.79 Å². The molecular weight excluding hydrogens is 296 g/mol. The monoisotopic (exact) mass is 306 g/mol. The molecule has 102 valence electrons. The topological polar surface area (TPSA) is 55.6 Å². The van der Waals surface area contributed by atoms with Crippen molar-refractivity contribution in [3.8, 4) is 5.69 Å². The quantitative estimate of drug-likeness (QED) is 0.741. The average molecular weight is 307 g/mol. The van der Waals surface area contributed by atoms with Gasteiger partial charge >= 0.3 is 0 Å². The van der Waals surface area contributed by atoms with E-state index in [1.807, 2.05) is 11.5 Å². The second-order valence-corrected chi connectivity index (χ2v) is 5.10. The highest BCUT2D eigenvalue weighted by molar-refractivity contribution is 7.71. The normalized spacial score (nSPS) is 11.1. The zero-order chi connectivity index (χ0) is 14.3. The highest BCUT2D eigenvalue weighted by atomic mass is 35.5. The molecule has 1 aromatic carbocycles. The molecule has 0 aliphatic rings. The van der Waals surface area contributed by atoms with Gasteiger partial charge in [-0.3, -0.25) is 9.36 Å². The summed E-state index contributed by atoms with van der Waals surface area (Å²) in [6.45, 7) is 2.69. The van der Waals surface area contributed by atoms with E-state index in [1.165, 1.54) is 4.57 Å². The van der Waals surface area contributed by atoms with Crippen molar-refractivity contribution in [1.29, 1.82) is 0 Å². The summed E-state index contributed by atoms with van der Waals surface area (Å²) in [5.74, 6) is 0. The molecule has 3 aromatic rings. The highest BCUT2D eigenvalue weighted by Crippen LogP contribution is 2.14. The molecule has 0 spiro atoms. The van der Waals surface area contributed by atoms with Gasteiger partial charge in [0.25, 0.3) is 5.56 Å². The van der Waals surface area contributed by atoms with Crippen molar-refractivity contribution in [1.82, 2.24) is 19.1 Å². The number of H-pyrrole nitrogens is 1. The first-order valence-electron chi connectivity index (χ1n) is 6.08. The Morgan fingerprint density at radius 3 is 2.70 bits per heavy atom. The lowest BCUT2D eigenvalue weighted by Gasteiger charge is -2.07. The van der Waals surface area contributed by atoms with Gasteiger partial charge in [-0.05, 0) is 43.4 Å². The van der Waals surface area contributed by atoms with Crippen LogP contribution in [-0.4, -0.2) is 19.1 Å². The van der Waals surface area contributed by atoms with Crippen molar-refractivity contribution in [2.24, 2.45) is 0 Å². The average Bonchev–Trinajstić information content (AvgIpc) is 2.84. The summed E-state index contributed by atoms with van der Waals surface area (Å²) in [5, 5.41) is 0.605. The molecule has 5 nitrogen and oxygen atoms in total. The lowest BCUT2D eigenvalue weighted by molar-refractivity contribution is 0.773. The van der Waals surface area contributed by atoms with E-state index in [4.69, 9.17) is 23.8 Å². The predicted octanol–water partition coefficient (Wildman–Crippen LogP) is 2.92. The Kier molecular flexibility index (Phi) is 3.19. The number of nitrogens with one attached hydrogen (secondary N) is 1. The number of halogens is 1. The molecule has 0 radical (unpaired) electrons. The predicted molar refractivity (Wildman–Crippen MR) is 81.2 cm³/mol. The van der Waals surface area contributed by atoms with E-state index in [-0.39, 0.29) is 5.56 Å². The zero-order valence-electron chi connectivity index (χ0n) is 10.6. The van der Waals surface area contributed by atoms with E-state index in [0.29, 0.717) is 33.2 Å². The fourth-order valence-corrected chi connectivity index (χ4v) is 2.50. The van der Waals surface area contributed by atoms with Crippen LogP contribution in [0.3, 0.4) is 0 Å². The number of aryl methyl sites for hydroxylation is 1. The number of fused-ring (bicyclic) bond motifs is 1. The Hall–Kier alpha value is -1.92. The van der Waals surface area contributed by atoms with Gasteiger partial charge in [-0.15, -0.1) is 0 Å². The van der Waals surface area contributed by atoms with Crippen molar-refractivity contribution in [3.05, 3.63) is 50.7 Å². The maximum absolute atomic E-state index is 12.5. The zero-order valence-corrected chi connectivity index (χ0v) is 12.2. The molecular formula is C13H11ClN4OS. The van der Waals surface area contributed by atoms with E-state index < -0.39 is 0 Å². The van der Waals surface area contributed by atoms with Gasteiger partial charge in [-0.25, -0.2) is 4.98 Å². The number of hydrogen-bond donors (Lipinski definition) is 1. The van der Waals surface area contributed by atoms with Gasteiger partial charge in [-0.1, -0.05) is 11.6 Å². The van der Waals surface area contributed by atoms with Crippen LogP contribution in [0.2, 0.25) is 5.02 Å². The van der Waals surface area contributed by atoms with Crippen molar-refractivity contribution in [2.75, 3.05) is 0 Å². The van der Waals surface area contributed by atoms with Gasteiger partial charge in [-0.2, -0.15) is 0 Å². The Morgan fingerprint density at radius 2 is 2.05 bits per heavy atom. The van der Waals surface area contributed by atoms with E-state index in [2.05, 4.69) is 9.97 Å². The lowest BCUT2D eigenvalue weighted by atomic mass is 10.3. The molecule has 20 heavy (non-hydrogen) atoms. The molecule has 0 saturated carbocycles. The van der Waals surface area contributed by atoms with Crippen LogP contribution >= 0.6 is 23.8 Å². The fraction of sp³-hybridized carbons (Fsp3) is 0.154. The first-order valence-corrected chi connectivity index (χ1v) is 6.86. The van der Waals surface area contributed by atoms with Crippen LogP contribution in [0.4, 0.5) is 0 Å². The minimum Gasteiger partial charge on any atom is -0.317 e. The SMILES string of the molecule is CCn1cnc2c(=O)n(-c3ccc(Cl)cc3)c(=S)[nH]c21. The van der Waals surface area contributed by atoms with Crippen LogP contribution < -0.4 is 5.56 Å². The minimum atomic E-state index is -0.238. The third-order valence-electron chi connectivity index (χ3n) is 3.10. The van der Waals surface area contributed by atoms with Crippen LogP contribution in [0, 0.1) is 4.77 Å². The number of benzene rings is 1. The largest absolute Gasteiger partial charge is 0.317 e. The second-order valence-electron chi connectivity index (χ2n) is 4.27. The Bertz CT molecular complexity index is 891. The summed E-state index contributed by atoms with van der Waals surface area (Å²) in [5.41, 5.74) is 1.44. The van der Waals surface area contributed by atoms with Gasteiger partial charge < -0.3 is 9.55 Å². The molecule has 0 atom stereocenters. The summed E-state index contributed by atoms with van der Waals surface area (Å²) >= 11 is 11.1. The van der Waals surface area contributed by atoms with Crippen LogP contribution in [0.15, 0.2) is 35.4 Å². The highest BCUT2D eigenvalue weighted by Gasteiger charge is 2.11. The smallest absolute Gasteiger partial charge is 0.287 e. The van der Waals surface area contributed by atoms with Gasteiger partial charge in [0.15, 0.2) is 10.3 Å². The van der Waals surface area contributed by atoms with E-state index in [1.54, 1.807) is 30.6 Å². The van der Waals surface area contributed by atoms with E-state index in [0.717, 1.165) is 0 Å². The van der Waals surface area contributed by atoms with Crippen LogP contribution in [0.5, 0.6) is 0 Å². The maximum Gasteiger partial charge on any atom is 0.287 e. The van der Waals surface area contributed by atoms with Gasteiger partial charge in [0.1, 0.15) is 5.65 Å². The standard InChI is InChI=1S/C13H11ClN4OS/c1-2-17-7-15-10-11(17)16-13(20)18(12(10)19)9-5-3-8(14)4-6-9/h3-7H,2H2,1H3,(H,16,20). The van der Waals surface area contributed by atoms with Gasteiger partial charge in [0, 0.05) is 11.6 Å². The van der Waals surface area contributed by atoms with Crippen molar-refractivity contribution in [2.45, 2.75) is 13.5 Å². The molecule has 0 aliphatic carbocycles. The molecule has 0 fully saturated rings. The molecule has 0 aliphatic heterocycles. The molecule has 0 unspecified atom stereocenters. The van der Waals surface area contributed by atoms with Gasteiger partial charge in [0.2, 0.25) is 0 Å². The molecule has 1 N–H and O–H groups in total. The number of aromatic nitrogens is 4. The molecule has 3 rings (SSSR count). The maximum atomic E-state index is 12.5. The van der Waals surface area contributed by atoms with Crippen molar-refractivity contribution < 1.29 is 0 Å². The lowest BCUT2D eigenvalue weighted by Crippen LogP contribution is -2.21. The Morgan fingerprint density at radius 1 is 1.35 bits per heavy atom. The molecule has 2 aromatic heterocycles. The third kappa shape index (κ3) is 1.97. The van der Waals surface area contributed by atoms with Crippen molar-refractivity contribution in [3.63, 3.8) is 0 Å². The number of imidazole rings is 1. The molecule has 0 amide bonds. The Labute approximate surface area is 124 Å². The number of hydrogen-bond acceptors (Lipinski definition) is 3. The van der Waals surface area contributed by atoms with Crippen LogP contribution in [-0.2, 0) is 6.54 Å². The van der Waals surface area contributed by atoms with Gasteiger partial charge in [0.05, 0.1) is 12.0 Å². The fourth-order valence-electron chi connectivity index (χ4n) is 2.09. The number of rotatable bonds is 2. The van der Waals surface area contributed by atoms with Crippen LogP contribution in [0.1, 0.15) is 6.92 Å². The van der Waals surface area contributed by atoms with Crippen molar-refractivity contribution >= 4 is 35.0 Å². The summed E-state index contributed by atoms with van der Waals surface area (Å²) in [6.07, 6.45) is 1.63. The second kappa shape index (κ2) is 4.88. The Balaban J connectivity index is 2.35. The molecule has 0 saturated heterocycles. The number of aromatic amines is 1. The first kappa shape index (κ1) is 13.1. The third-order valence-corrected chi connectivity index (χ3v) is 3.63. The van der Waals surface area contributed by atoms with Crippen LogP contribution in [0.25, 0.3) is 16.9 Å². The number of nitrogens with zero attached hydrogens (tertiary/aromatic N) is 3. The minimum absolute atomic E-state index is 0.238. The molecule has 0 bridgehead atoms. The summed E-state index contributed by atoms with van der Waals surface area (Å²) in [4.78, 5) is 19.7. The molecule has 7 heteroatoms. The summed E-state index contributed by atoms with van der Waals surface area (Å²) in [7, 11) is 0.